The second-order valence-corrected chi connectivity index (χ2v) is 16.7. The lowest BCUT2D eigenvalue weighted by Crippen LogP contribution is -2.34. The van der Waals surface area contributed by atoms with Gasteiger partial charge < -0.3 is 14.0 Å². The van der Waals surface area contributed by atoms with Crippen LogP contribution in [0.15, 0.2) is 0 Å². The summed E-state index contributed by atoms with van der Waals surface area (Å²) in [6.07, 6.45) is 48.8. The molecule has 0 N–H and O–H groups in total. The standard InChI is InChI=1S/C48H93BO6/c1-4-7-10-13-16-19-22-25-28-31-34-37-40-43-46(50)53-49(54-47(51)44-41-38-35-32-29-26-23-20-17-14-11-8-5-2)55-48(52)45-42-39-36-33-30-27-24-21-18-15-12-9-6-3/h4-45H2,1-3H3. The summed E-state index contributed by atoms with van der Waals surface area (Å²) in [5.41, 5.74) is 0. The van der Waals surface area contributed by atoms with Crippen molar-refractivity contribution < 1.29 is 28.3 Å². The molecule has 0 atom stereocenters. The van der Waals surface area contributed by atoms with E-state index >= 15 is 0 Å². The maximum Gasteiger partial charge on any atom is 0.870 e. The molecule has 0 aromatic heterocycles. The summed E-state index contributed by atoms with van der Waals surface area (Å²) in [7, 11) is -1.58. The van der Waals surface area contributed by atoms with E-state index in [2.05, 4.69) is 20.8 Å². The van der Waals surface area contributed by atoms with E-state index in [0.29, 0.717) is 0 Å². The summed E-state index contributed by atoms with van der Waals surface area (Å²) in [4.78, 5) is 38.1. The summed E-state index contributed by atoms with van der Waals surface area (Å²) in [6.45, 7) is 6.78. The Labute approximate surface area is 343 Å². The van der Waals surface area contributed by atoms with E-state index < -0.39 is 25.2 Å². The zero-order valence-corrected chi connectivity index (χ0v) is 37.2. The number of unbranched alkanes of at least 4 members (excludes halogenated alkanes) is 36. The fraction of sp³-hybridized carbons (Fsp3) is 0.938. The Kier molecular flexibility index (Phi) is 43.9. The first-order valence-electron chi connectivity index (χ1n) is 24.6. The van der Waals surface area contributed by atoms with Gasteiger partial charge in [0, 0.05) is 19.3 Å². The van der Waals surface area contributed by atoms with Crippen LogP contribution in [-0.4, -0.2) is 25.2 Å². The van der Waals surface area contributed by atoms with Crippen molar-refractivity contribution in [2.24, 2.45) is 0 Å². The lowest BCUT2D eigenvalue weighted by atomic mass is 10.0. The van der Waals surface area contributed by atoms with Crippen LogP contribution in [0.4, 0.5) is 0 Å². The number of hydrogen-bond donors (Lipinski definition) is 0. The van der Waals surface area contributed by atoms with Gasteiger partial charge in [0.15, 0.2) is 0 Å². The van der Waals surface area contributed by atoms with Crippen molar-refractivity contribution in [3.63, 3.8) is 0 Å². The van der Waals surface area contributed by atoms with Crippen LogP contribution in [0.25, 0.3) is 0 Å². The van der Waals surface area contributed by atoms with Gasteiger partial charge in [-0.1, -0.05) is 252 Å². The van der Waals surface area contributed by atoms with Gasteiger partial charge in [-0.3, -0.25) is 14.4 Å². The molecule has 0 aromatic carbocycles. The van der Waals surface area contributed by atoms with Gasteiger partial charge in [0.25, 0.3) is 17.9 Å². The van der Waals surface area contributed by atoms with Crippen molar-refractivity contribution in [1.29, 1.82) is 0 Å². The lowest BCUT2D eigenvalue weighted by molar-refractivity contribution is -0.148. The van der Waals surface area contributed by atoms with Gasteiger partial charge in [0.2, 0.25) is 0 Å². The average molecular weight is 777 g/mol. The van der Waals surface area contributed by atoms with Crippen molar-refractivity contribution in [2.75, 3.05) is 0 Å². The van der Waals surface area contributed by atoms with Crippen LogP contribution in [0, 0.1) is 0 Å². The van der Waals surface area contributed by atoms with Crippen LogP contribution >= 0.6 is 0 Å². The molecule has 0 saturated carbocycles. The van der Waals surface area contributed by atoms with Gasteiger partial charge in [0.1, 0.15) is 0 Å². The predicted molar refractivity (Wildman–Crippen MR) is 235 cm³/mol. The van der Waals surface area contributed by atoms with Gasteiger partial charge >= 0.3 is 7.32 Å². The minimum absolute atomic E-state index is 0.237. The molecule has 324 valence electrons. The van der Waals surface area contributed by atoms with Crippen LogP contribution in [-0.2, 0) is 28.3 Å². The molecule has 0 bridgehead atoms. The van der Waals surface area contributed by atoms with Crippen molar-refractivity contribution in [2.45, 2.75) is 290 Å². The molecule has 0 unspecified atom stereocenters. The number of rotatable bonds is 45. The van der Waals surface area contributed by atoms with E-state index in [9.17, 15) is 14.4 Å². The zero-order valence-electron chi connectivity index (χ0n) is 37.2. The van der Waals surface area contributed by atoms with Crippen molar-refractivity contribution in [3.8, 4) is 0 Å². The maximum absolute atomic E-state index is 12.7. The molecule has 0 amide bonds. The lowest BCUT2D eigenvalue weighted by Gasteiger charge is -2.14. The predicted octanol–water partition coefficient (Wildman–Crippen LogP) is 16.0. The van der Waals surface area contributed by atoms with E-state index in [-0.39, 0.29) is 19.3 Å². The quantitative estimate of drug-likeness (QED) is 0.0453. The third-order valence-corrected chi connectivity index (χ3v) is 11.1. The molecule has 7 heteroatoms. The highest BCUT2D eigenvalue weighted by molar-refractivity contribution is 6.44. The van der Waals surface area contributed by atoms with Gasteiger partial charge in [-0.15, -0.1) is 0 Å². The Morgan fingerprint density at radius 2 is 0.400 bits per heavy atom. The maximum atomic E-state index is 12.7. The molecular weight excluding hydrogens is 683 g/mol. The van der Waals surface area contributed by atoms with E-state index in [1.54, 1.807) is 0 Å². The van der Waals surface area contributed by atoms with Gasteiger partial charge in [-0.25, -0.2) is 0 Å². The molecular formula is C48H93BO6. The first-order valence-corrected chi connectivity index (χ1v) is 24.6. The van der Waals surface area contributed by atoms with Crippen LogP contribution in [0.2, 0.25) is 0 Å². The molecule has 0 aliphatic carbocycles. The Morgan fingerprint density at radius 1 is 0.255 bits per heavy atom. The van der Waals surface area contributed by atoms with E-state index in [1.807, 2.05) is 0 Å². The van der Waals surface area contributed by atoms with E-state index in [0.717, 1.165) is 57.8 Å². The van der Waals surface area contributed by atoms with Crippen LogP contribution in [0.1, 0.15) is 290 Å². The van der Waals surface area contributed by atoms with Crippen molar-refractivity contribution in [1.82, 2.24) is 0 Å². The topological polar surface area (TPSA) is 78.9 Å². The first-order chi connectivity index (χ1) is 27.0. The number of hydrogen-bond acceptors (Lipinski definition) is 6. The fourth-order valence-corrected chi connectivity index (χ4v) is 7.43. The smallest absolute Gasteiger partial charge is 0.462 e. The first kappa shape index (κ1) is 53.5. The highest BCUT2D eigenvalue weighted by atomic mass is 16.8. The highest BCUT2D eigenvalue weighted by Crippen LogP contribution is 2.17. The molecule has 0 heterocycles. The summed E-state index contributed by atoms with van der Waals surface area (Å²) >= 11 is 0. The SMILES string of the molecule is CCCCCCCCCCCCCCCC(=O)OB(OC(=O)CCCCCCCCCCCCCCC)OC(=O)CCCCCCCCCCCCCCC. The summed E-state index contributed by atoms with van der Waals surface area (Å²) in [6, 6.07) is 0. The van der Waals surface area contributed by atoms with Crippen molar-refractivity contribution >= 4 is 25.2 Å². The van der Waals surface area contributed by atoms with E-state index in [1.165, 1.54) is 193 Å². The molecule has 6 nitrogen and oxygen atoms in total. The molecule has 0 saturated heterocycles. The Hall–Kier alpha value is -1.53. The van der Waals surface area contributed by atoms with Crippen molar-refractivity contribution in [3.05, 3.63) is 0 Å². The molecule has 0 rings (SSSR count). The Morgan fingerprint density at radius 3 is 0.564 bits per heavy atom. The molecule has 0 aromatic rings. The average Bonchev–Trinajstić information content (AvgIpc) is 3.17. The fourth-order valence-electron chi connectivity index (χ4n) is 7.43. The second kappa shape index (κ2) is 45.2. The molecule has 0 aliphatic rings. The second-order valence-electron chi connectivity index (χ2n) is 16.7. The number of carbonyl (C=O) groups is 3. The van der Waals surface area contributed by atoms with E-state index in [4.69, 9.17) is 14.0 Å². The zero-order chi connectivity index (χ0) is 40.1. The van der Waals surface area contributed by atoms with Gasteiger partial charge in [0.05, 0.1) is 0 Å². The van der Waals surface area contributed by atoms with Crippen LogP contribution in [0.3, 0.4) is 0 Å². The molecule has 0 radical (unpaired) electrons. The minimum atomic E-state index is -1.58. The highest BCUT2D eigenvalue weighted by Gasteiger charge is 2.36. The third kappa shape index (κ3) is 43.4. The van der Waals surface area contributed by atoms with Crippen LogP contribution < -0.4 is 0 Å². The molecule has 0 fully saturated rings. The Bertz CT molecular complexity index is 716. The van der Waals surface area contributed by atoms with Crippen LogP contribution in [0.5, 0.6) is 0 Å². The number of carbonyl (C=O) groups excluding carboxylic acids is 3. The summed E-state index contributed by atoms with van der Waals surface area (Å²) < 4.78 is 16.2. The minimum Gasteiger partial charge on any atom is -0.462 e. The molecule has 0 aliphatic heterocycles. The normalized spacial score (nSPS) is 11.2. The third-order valence-electron chi connectivity index (χ3n) is 11.1. The largest absolute Gasteiger partial charge is 0.870 e. The Balaban J connectivity index is 4.33. The molecule has 55 heavy (non-hydrogen) atoms. The molecule has 0 spiro atoms. The van der Waals surface area contributed by atoms with Gasteiger partial charge in [-0.05, 0) is 19.3 Å². The summed E-state index contributed by atoms with van der Waals surface area (Å²) in [5.74, 6) is -1.43. The van der Waals surface area contributed by atoms with Gasteiger partial charge in [-0.2, -0.15) is 0 Å². The monoisotopic (exact) mass is 777 g/mol. The summed E-state index contributed by atoms with van der Waals surface area (Å²) in [5, 5.41) is 0.